The van der Waals surface area contributed by atoms with Crippen molar-refractivity contribution in [3.63, 3.8) is 0 Å². The molecule has 0 aromatic heterocycles. The molecule has 0 saturated heterocycles. The van der Waals surface area contributed by atoms with E-state index in [9.17, 15) is 13.6 Å². The van der Waals surface area contributed by atoms with Gasteiger partial charge in [-0.3, -0.25) is 4.79 Å². The SMILES string of the molecule is Cc1cc(C(=O)N(CCC#N)C(C)C)c(F)cc1F. The first-order valence-electron chi connectivity index (χ1n) is 6.02. The smallest absolute Gasteiger partial charge is 0.257 e. The van der Waals surface area contributed by atoms with Crippen LogP contribution in [0, 0.1) is 29.9 Å². The molecular weight excluding hydrogens is 250 g/mol. The van der Waals surface area contributed by atoms with E-state index < -0.39 is 17.5 Å². The van der Waals surface area contributed by atoms with Crippen molar-refractivity contribution in [1.29, 1.82) is 5.26 Å². The minimum absolute atomic E-state index is 0.161. The third-order valence-corrected chi connectivity index (χ3v) is 2.83. The molecule has 0 atom stereocenters. The van der Waals surface area contributed by atoms with Crippen LogP contribution >= 0.6 is 0 Å². The number of amides is 1. The van der Waals surface area contributed by atoms with Crippen LogP contribution in [0.4, 0.5) is 8.78 Å². The maximum absolute atomic E-state index is 13.7. The van der Waals surface area contributed by atoms with E-state index in [1.165, 1.54) is 17.9 Å². The fourth-order valence-electron chi connectivity index (χ4n) is 1.74. The second kappa shape index (κ2) is 6.28. The van der Waals surface area contributed by atoms with Gasteiger partial charge in [0.25, 0.3) is 5.91 Å². The lowest BCUT2D eigenvalue weighted by Gasteiger charge is -2.26. The van der Waals surface area contributed by atoms with Gasteiger partial charge in [-0.1, -0.05) is 0 Å². The van der Waals surface area contributed by atoms with Crippen LogP contribution in [0.5, 0.6) is 0 Å². The van der Waals surface area contributed by atoms with Crippen molar-refractivity contribution in [2.24, 2.45) is 0 Å². The Labute approximate surface area is 111 Å². The zero-order valence-electron chi connectivity index (χ0n) is 11.2. The van der Waals surface area contributed by atoms with Crippen LogP contribution in [0.25, 0.3) is 0 Å². The van der Waals surface area contributed by atoms with Crippen LogP contribution in [0.2, 0.25) is 0 Å². The number of carbonyl (C=O) groups is 1. The van der Waals surface area contributed by atoms with Crippen LogP contribution in [-0.2, 0) is 0 Å². The second-order valence-electron chi connectivity index (χ2n) is 4.58. The molecule has 0 fully saturated rings. The topological polar surface area (TPSA) is 44.1 Å². The summed E-state index contributed by atoms with van der Waals surface area (Å²) in [6.07, 6.45) is 0.172. The molecule has 0 heterocycles. The summed E-state index contributed by atoms with van der Waals surface area (Å²) in [5.41, 5.74) is 0.0549. The first kappa shape index (κ1) is 15.1. The normalized spacial score (nSPS) is 10.4. The van der Waals surface area contributed by atoms with Crippen molar-refractivity contribution in [3.05, 3.63) is 34.9 Å². The number of hydrogen-bond acceptors (Lipinski definition) is 2. The number of halogens is 2. The lowest BCUT2D eigenvalue weighted by Crippen LogP contribution is -2.38. The highest BCUT2D eigenvalue weighted by Crippen LogP contribution is 2.17. The standard InChI is InChI=1S/C14H16F2N2O/c1-9(2)18(6-4-5-17)14(19)11-7-10(3)12(15)8-13(11)16/h7-9H,4,6H2,1-3H3. The monoisotopic (exact) mass is 266 g/mol. The molecule has 3 nitrogen and oxygen atoms in total. The molecule has 0 bridgehead atoms. The van der Waals surface area contributed by atoms with E-state index in [0.29, 0.717) is 6.07 Å². The van der Waals surface area contributed by atoms with E-state index in [2.05, 4.69) is 0 Å². The van der Waals surface area contributed by atoms with Crippen LogP contribution in [-0.4, -0.2) is 23.4 Å². The van der Waals surface area contributed by atoms with Crippen molar-refractivity contribution in [2.45, 2.75) is 33.2 Å². The Kier molecular flexibility index (Phi) is 4.99. The van der Waals surface area contributed by atoms with Crippen molar-refractivity contribution in [1.82, 2.24) is 4.90 Å². The molecule has 0 unspecified atom stereocenters. The third kappa shape index (κ3) is 3.50. The molecule has 1 rings (SSSR count). The quantitative estimate of drug-likeness (QED) is 0.840. The Hall–Kier alpha value is -1.96. The van der Waals surface area contributed by atoms with E-state index >= 15 is 0 Å². The van der Waals surface area contributed by atoms with Gasteiger partial charge < -0.3 is 4.90 Å². The molecule has 1 aromatic rings. The third-order valence-electron chi connectivity index (χ3n) is 2.83. The number of carbonyl (C=O) groups excluding carboxylic acids is 1. The Morgan fingerprint density at radius 2 is 2.00 bits per heavy atom. The molecule has 102 valence electrons. The van der Waals surface area contributed by atoms with Gasteiger partial charge in [0, 0.05) is 18.7 Å². The van der Waals surface area contributed by atoms with Crippen LogP contribution in [0.1, 0.15) is 36.2 Å². The number of benzene rings is 1. The summed E-state index contributed by atoms with van der Waals surface area (Å²) in [6.45, 7) is 5.26. The van der Waals surface area contributed by atoms with Crippen LogP contribution in [0.15, 0.2) is 12.1 Å². The molecule has 0 radical (unpaired) electrons. The Balaban J connectivity index is 3.10. The van der Waals surface area contributed by atoms with Crippen molar-refractivity contribution in [2.75, 3.05) is 6.54 Å². The number of hydrogen-bond donors (Lipinski definition) is 0. The van der Waals surface area contributed by atoms with Gasteiger partial charge in [0.15, 0.2) is 0 Å². The average molecular weight is 266 g/mol. The predicted molar refractivity (Wildman–Crippen MR) is 67.5 cm³/mol. The molecule has 5 heteroatoms. The van der Waals surface area contributed by atoms with Gasteiger partial charge in [0.2, 0.25) is 0 Å². The molecule has 0 N–H and O–H groups in total. The summed E-state index contributed by atoms with van der Waals surface area (Å²) in [4.78, 5) is 13.6. The van der Waals surface area contributed by atoms with Gasteiger partial charge in [-0.15, -0.1) is 0 Å². The van der Waals surface area contributed by atoms with Gasteiger partial charge in [-0.25, -0.2) is 8.78 Å². The second-order valence-corrected chi connectivity index (χ2v) is 4.58. The van der Waals surface area contributed by atoms with Crippen LogP contribution < -0.4 is 0 Å². The Morgan fingerprint density at radius 1 is 1.37 bits per heavy atom. The van der Waals surface area contributed by atoms with Gasteiger partial charge in [-0.2, -0.15) is 5.26 Å². The molecular formula is C14H16F2N2O. The minimum atomic E-state index is -0.879. The van der Waals surface area contributed by atoms with E-state index in [1.54, 1.807) is 13.8 Å². The maximum atomic E-state index is 13.7. The van der Waals surface area contributed by atoms with Gasteiger partial charge in [-0.05, 0) is 32.4 Å². The highest BCUT2D eigenvalue weighted by Gasteiger charge is 2.22. The maximum Gasteiger partial charge on any atom is 0.257 e. The highest BCUT2D eigenvalue weighted by molar-refractivity contribution is 5.94. The van der Waals surface area contributed by atoms with Crippen molar-refractivity contribution < 1.29 is 13.6 Å². The first-order chi connectivity index (χ1) is 8.88. The lowest BCUT2D eigenvalue weighted by molar-refractivity contribution is 0.0705. The Bertz CT molecular complexity index is 521. The fourth-order valence-corrected chi connectivity index (χ4v) is 1.74. The molecule has 0 aliphatic heterocycles. The molecule has 0 saturated carbocycles. The summed E-state index contributed by atoms with van der Waals surface area (Å²) >= 11 is 0. The number of nitriles is 1. The fraction of sp³-hybridized carbons (Fsp3) is 0.429. The van der Waals surface area contributed by atoms with E-state index in [1.807, 2.05) is 6.07 Å². The largest absolute Gasteiger partial charge is 0.335 e. The molecule has 1 aromatic carbocycles. The Morgan fingerprint density at radius 3 is 2.53 bits per heavy atom. The van der Waals surface area contributed by atoms with Crippen molar-refractivity contribution in [3.8, 4) is 6.07 Å². The lowest BCUT2D eigenvalue weighted by atomic mass is 10.1. The van der Waals surface area contributed by atoms with Gasteiger partial charge in [0.05, 0.1) is 18.1 Å². The van der Waals surface area contributed by atoms with Crippen LogP contribution in [0.3, 0.4) is 0 Å². The van der Waals surface area contributed by atoms with Gasteiger partial charge >= 0.3 is 0 Å². The zero-order chi connectivity index (χ0) is 14.6. The molecule has 1 amide bonds. The first-order valence-corrected chi connectivity index (χ1v) is 6.02. The van der Waals surface area contributed by atoms with Gasteiger partial charge in [0.1, 0.15) is 11.6 Å². The average Bonchev–Trinajstić information content (AvgIpc) is 2.33. The number of aryl methyl sites for hydroxylation is 1. The zero-order valence-corrected chi connectivity index (χ0v) is 11.2. The predicted octanol–water partition coefficient (Wildman–Crippen LogP) is 3.04. The van der Waals surface area contributed by atoms with E-state index in [4.69, 9.17) is 5.26 Å². The van der Waals surface area contributed by atoms with E-state index in [-0.39, 0.29) is 30.1 Å². The highest BCUT2D eigenvalue weighted by atomic mass is 19.1. The summed E-state index contributed by atoms with van der Waals surface area (Å²) in [5.74, 6) is -2.08. The molecule has 0 spiro atoms. The number of rotatable bonds is 4. The molecule has 19 heavy (non-hydrogen) atoms. The summed E-state index contributed by atoms with van der Waals surface area (Å²) < 4.78 is 26.9. The van der Waals surface area contributed by atoms with E-state index in [0.717, 1.165) is 0 Å². The molecule has 0 aliphatic rings. The summed E-state index contributed by atoms with van der Waals surface area (Å²) in [6, 6.07) is 3.70. The summed E-state index contributed by atoms with van der Waals surface area (Å²) in [5, 5.41) is 8.57. The summed E-state index contributed by atoms with van der Waals surface area (Å²) in [7, 11) is 0. The number of nitrogens with zero attached hydrogens (tertiary/aromatic N) is 2. The molecule has 0 aliphatic carbocycles. The van der Waals surface area contributed by atoms with Crippen molar-refractivity contribution >= 4 is 5.91 Å². The minimum Gasteiger partial charge on any atom is -0.335 e.